The van der Waals surface area contributed by atoms with Crippen LogP contribution < -0.4 is 11.1 Å². The fourth-order valence-corrected chi connectivity index (χ4v) is 2.83. The fraction of sp³-hybridized carbons (Fsp3) is 0.615. The minimum absolute atomic E-state index is 0. The van der Waals surface area contributed by atoms with E-state index in [2.05, 4.69) is 12.2 Å². The third-order valence-corrected chi connectivity index (χ3v) is 4.36. The topological polar surface area (TPSA) is 55.1 Å². The molecule has 0 saturated heterocycles. The Hall–Kier alpha value is -0.290. The number of hydrogen-bond donors (Lipinski definition) is 2. The molecule has 2 unspecified atom stereocenters. The van der Waals surface area contributed by atoms with Crippen LogP contribution in [0, 0.1) is 0 Å². The van der Waals surface area contributed by atoms with Crippen molar-refractivity contribution in [2.24, 2.45) is 5.73 Å². The highest BCUT2D eigenvalue weighted by atomic mass is 35.5. The van der Waals surface area contributed by atoms with Crippen molar-refractivity contribution < 1.29 is 4.79 Å². The van der Waals surface area contributed by atoms with Crippen molar-refractivity contribution >= 4 is 41.3 Å². The summed E-state index contributed by atoms with van der Waals surface area (Å²) in [4.78, 5) is 13.1. The molecule has 0 spiro atoms. The highest BCUT2D eigenvalue weighted by Crippen LogP contribution is 2.28. The lowest BCUT2D eigenvalue weighted by molar-refractivity contribution is -0.122. The quantitative estimate of drug-likeness (QED) is 0.805. The van der Waals surface area contributed by atoms with E-state index < -0.39 is 0 Å². The molecule has 0 aliphatic rings. The molecular formula is C13H22Cl2N2OS. The van der Waals surface area contributed by atoms with Crippen LogP contribution in [-0.2, 0) is 4.79 Å². The fourth-order valence-electron chi connectivity index (χ4n) is 1.72. The molecule has 0 fully saturated rings. The Labute approximate surface area is 130 Å². The molecule has 1 rings (SSSR count). The Bertz CT molecular complexity index is 384. The normalized spacial score (nSPS) is 13.5. The number of carbonyl (C=O) groups excluding carboxylic acids is 1. The third kappa shape index (κ3) is 6.13. The first kappa shape index (κ1) is 18.7. The zero-order valence-electron chi connectivity index (χ0n) is 11.3. The van der Waals surface area contributed by atoms with Gasteiger partial charge in [-0.2, -0.15) is 0 Å². The highest BCUT2D eigenvalue weighted by molar-refractivity contribution is 7.16. The summed E-state index contributed by atoms with van der Waals surface area (Å²) in [7, 11) is 0. The Morgan fingerprint density at radius 1 is 1.53 bits per heavy atom. The van der Waals surface area contributed by atoms with Crippen molar-refractivity contribution in [1.29, 1.82) is 0 Å². The predicted octanol–water partition coefficient (Wildman–Crippen LogP) is 3.56. The molecule has 0 aromatic carbocycles. The van der Waals surface area contributed by atoms with Crippen molar-refractivity contribution in [1.82, 2.24) is 5.32 Å². The number of halogens is 2. The maximum atomic E-state index is 12.1. The maximum absolute atomic E-state index is 12.1. The molecule has 0 saturated carbocycles. The van der Waals surface area contributed by atoms with Gasteiger partial charge in [-0.25, -0.2) is 0 Å². The molecule has 19 heavy (non-hydrogen) atoms. The molecule has 0 bridgehead atoms. The van der Waals surface area contributed by atoms with Crippen LogP contribution in [0.3, 0.4) is 0 Å². The van der Waals surface area contributed by atoms with Gasteiger partial charge in [0.2, 0.25) is 5.91 Å². The van der Waals surface area contributed by atoms with Gasteiger partial charge in [0.1, 0.15) is 0 Å². The molecule has 1 aromatic rings. The lowest BCUT2D eigenvalue weighted by atomic mass is 10.1. The van der Waals surface area contributed by atoms with Crippen LogP contribution in [0.4, 0.5) is 0 Å². The molecule has 3 N–H and O–H groups in total. The number of thiophene rings is 1. The summed E-state index contributed by atoms with van der Waals surface area (Å²) >= 11 is 7.33. The summed E-state index contributed by atoms with van der Waals surface area (Å²) in [5.74, 6) is -0.141. The summed E-state index contributed by atoms with van der Waals surface area (Å²) in [6.07, 6.45) is 3.14. The molecular weight excluding hydrogens is 303 g/mol. The second kappa shape index (κ2) is 9.59. The van der Waals surface area contributed by atoms with E-state index in [9.17, 15) is 4.79 Å². The molecule has 3 nitrogen and oxygen atoms in total. The van der Waals surface area contributed by atoms with Gasteiger partial charge in [0.25, 0.3) is 0 Å². The van der Waals surface area contributed by atoms with Crippen LogP contribution in [0.5, 0.6) is 0 Å². The van der Waals surface area contributed by atoms with Crippen LogP contribution in [0.15, 0.2) is 12.1 Å². The van der Waals surface area contributed by atoms with Crippen LogP contribution in [0.2, 0.25) is 4.34 Å². The minimum atomic E-state index is -0.168. The molecule has 2 atom stereocenters. The maximum Gasteiger partial charge on any atom is 0.228 e. The minimum Gasteiger partial charge on any atom is -0.352 e. The summed E-state index contributed by atoms with van der Waals surface area (Å²) in [5, 5.41) is 3.01. The zero-order chi connectivity index (χ0) is 13.5. The molecule has 0 radical (unpaired) electrons. The van der Waals surface area contributed by atoms with Crippen molar-refractivity contribution in [2.75, 3.05) is 6.54 Å². The van der Waals surface area contributed by atoms with E-state index in [1.807, 2.05) is 19.1 Å². The van der Waals surface area contributed by atoms with E-state index in [1.165, 1.54) is 11.3 Å². The largest absolute Gasteiger partial charge is 0.352 e. The highest BCUT2D eigenvalue weighted by Gasteiger charge is 2.19. The Kier molecular flexibility index (Phi) is 9.44. The summed E-state index contributed by atoms with van der Waals surface area (Å²) < 4.78 is 0.714. The molecule has 1 aromatic heterocycles. The number of hydrogen-bond acceptors (Lipinski definition) is 3. The van der Waals surface area contributed by atoms with E-state index in [-0.39, 0.29) is 30.3 Å². The van der Waals surface area contributed by atoms with E-state index in [1.54, 1.807) is 0 Å². The number of amides is 1. The van der Waals surface area contributed by atoms with Gasteiger partial charge >= 0.3 is 0 Å². The van der Waals surface area contributed by atoms with Gasteiger partial charge in [-0.1, -0.05) is 31.4 Å². The molecule has 1 heterocycles. The van der Waals surface area contributed by atoms with E-state index in [4.69, 9.17) is 17.3 Å². The van der Waals surface area contributed by atoms with Crippen LogP contribution >= 0.6 is 35.3 Å². The zero-order valence-corrected chi connectivity index (χ0v) is 13.7. The van der Waals surface area contributed by atoms with Gasteiger partial charge < -0.3 is 11.1 Å². The second-order valence-electron chi connectivity index (χ2n) is 4.45. The third-order valence-electron chi connectivity index (χ3n) is 2.95. The van der Waals surface area contributed by atoms with Gasteiger partial charge in [-0.15, -0.1) is 23.7 Å². The van der Waals surface area contributed by atoms with Crippen molar-refractivity contribution in [3.8, 4) is 0 Å². The van der Waals surface area contributed by atoms with Gasteiger partial charge in [-0.05, 0) is 25.5 Å². The van der Waals surface area contributed by atoms with E-state index >= 15 is 0 Å². The van der Waals surface area contributed by atoms with Gasteiger partial charge in [0.05, 0.1) is 10.3 Å². The Balaban J connectivity index is 0.00000324. The number of unbranched alkanes of at least 4 members (excludes halogenated alkanes) is 1. The van der Waals surface area contributed by atoms with Crippen molar-refractivity contribution in [2.45, 2.75) is 45.1 Å². The van der Waals surface area contributed by atoms with Crippen molar-refractivity contribution in [3.05, 3.63) is 21.3 Å². The lowest BCUT2D eigenvalue weighted by Gasteiger charge is -2.19. The summed E-state index contributed by atoms with van der Waals surface area (Å²) in [5.41, 5.74) is 5.67. The van der Waals surface area contributed by atoms with Gasteiger partial charge in [0.15, 0.2) is 0 Å². The second-order valence-corrected chi connectivity index (χ2v) is 6.19. The van der Waals surface area contributed by atoms with Crippen LogP contribution in [-0.4, -0.2) is 18.5 Å². The standard InChI is InChI=1S/C13H21ClN2OS.ClH/c1-3-4-5-10(8-15)16-13(17)9(2)11-6-7-12(14)18-11;/h6-7,9-10H,3-5,8,15H2,1-2H3,(H,16,17);1H. The molecule has 0 aliphatic carbocycles. The molecule has 110 valence electrons. The van der Waals surface area contributed by atoms with Gasteiger partial charge in [-0.3, -0.25) is 4.79 Å². The Morgan fingerprint density at radius 3 is 2.68 bits per heavy atom. The Morgan fingerprint density at radius 2 is 2.21 bits per heavy atom. The van der Waals surface area contributed by atoms with Crippen molar-refractivity contribution in [3.63, 3.8) is 0 Å². The molecule has 6 heteroatoms. The summed E-state index contributed by atoms with van der Waals surface area (Å²) in [6, 6.07) is 3.80. The molecule has 0 aliphatic heterocycles. The number of rotatable bonds is 7. The number of carbonyl (C=O) groups is 1. The lowest BCUT2D eigenvalue weighted by Crippen LogP contribution is -2.41. The SMILES string of the molecule is CCCCC(CN)NC(=O)C(C)c1ccc(Cl)s1.Cl. The number of nitrogens with two attached hydrogens (primary N) is 1. The van der Waals surface area contributed by atoms with E-state index in [0.717, 1.165) is 24.1 Å². The molecule has 1 amide bonds. The number of nitrogens with one attached hydrogen (secondary N) is 1. The smallest absolute Gasteiger partial charge is 0.228 e. The average molecular weight is 325 g/mol. The first-order valence-corrected chi connectivity index (χ1v) is 7.53. The first-order valence-electron chi connectivity index (χ1n) is 6.34. The van der Waals surface area contributed by atoms with Crippen LogP contribution in [0.25, 0.3) is 0 Å². The average Bonchev–Trinajstić information content (AvgIpc) is 2.79. The van der Waals surface area contributed by atoms with Gasteiger partial charge in [0, 0.05) is 17.5 Å². The first-order chi connectivity index (χ1) is 8.58. The van der Waals surface area contributed by atoms with E-state index in [0.29, 0.717) is 10.9 Å². The predicted molar refractivity (Wildman–Crippen MR) is 85.5 cm³/mol. The monoisotopic (exact) mass is 324 g/mol. The summed E-state index contributed by atoms with van der Waals surface area (Å²) in [6.45, 7) is 4.51. The van der Waals surface area contributed by atoms with Crippen LogP contribution in [0.1, 0.15) is 43.9 Å².